The van der Waals surface area contributed by atoms with E-state index in [1.54, 1.807) is 0 Å². The van der Waals surface area contributed by atoms with E-state index in [-0.39, 0.29) is 17.6 Å². The molecule has 1 aromatic rings. The third-order valence-corrected chi connectivity index (χ3v) is 1.82. The summed E-state index contributed by atoms with van der Waals surface area (Å²) in [7, 11) is 0. The quantitative estimate of drug-likeness (QED) is 0.561. The Morgan fingerprint density at radius 1 is 1.29 bits per heavy atom. The molecule has 0 saturated heterocycles. The average molecular weight is 249 g/mol. The molecule has 0 unspecified atom stereocenters. The van der Waals surface area contributed by atoms with E-state index in [0.29, 0.717) is 6.54 Å². The van der Waals surface area contributed by atoms with E-state index in [1.165, 1.54) is 6.07 Å². The number of halogens is 3. The minimum absolute atomic E-state index is 0.0846. The van der Waals surface area contributed by atoms with E-state index in [0.717, 1.165) is 0 Å². The van der Waals surface area contributed by atoms with Crippen LogP contribution in [-0.4, -0.2) is 16.5 Å². The van der Waals surface area contributed by atoms with E-state index in [4.69, 9.17) is 5.84 Å². The van der Waals surface area contributed by atoms with Gasteiger partial charge in [0.1, 0.15) is 11.6 Å². The van der Waals surface area contributed by atoms with E-state index in [2.05, 4.69) is 20.7 Å². The molecular weight excluding hydrogens is 235 g/mol. The summed E-state index contributed by atoms with van der Waals surface area (Å²) < 4.78 is 37.4. The van der Waals surface area contributed by atoms with Gasteiger partial charge in [-0.05, 0) is 5.92 Å². The first kappa shape index (κ1) is 13.5. The van der Waals surface area contributed by atoms with Crippen molar-refractivity contribution < 1.29 is 13.2 Å². The number of aromatic nitrogens is 2. The number of nitrogen functional groups attached to an aromatic ring is 1. The molecule has 0 aromatic carbocycles. The fourth-order valence-electron chi connectivity index (χ4n) is 1.05. The number of rotatable bonds is 4. The fourth-order valence-corrected chi connectivity index (χ4v) is 1.05. The highest BCUT2D eigenvalue weighted by Crippen LogP contribution is 2.28. The monoisotopic (exact) mass is 249 g/mol. The van der Waals surface area contributed by atoms with Gasteiger partial charge in [0.25, 0.3) is 0 Å². The van der Waals surface area contributed by atoms with Gasteiger partial charge in [-0.2, -0.15) is 13.2 Å². The first-order chi connectivity index (χ1) is 7.82. The normalized spacial score (nSPS) is 11.7. The van der Waals surface area contributed by atoms with E-state index in [1.807, 2.05) is 13.8 Å². The molecular formula is C9H14F3N5. The minimum Gasteiger partial charge on any atom is -0.370 e. The smallest absolute Gasteiger partial charge is 0.370 e. The van der Waals surface area contributed by atoms with Crippen molar-refractivity contribution in [3.8, 4) is 0 Å². The molecule has 1 heterocycles. The van der Waals surface area contributed by atoms with Crippen LogP contribution in [0.3, 0.4) is 0 Å². The molecule has 5 nitrogen and oxygen atoms in total. The number of hydrazine groups is 1. The lowest BCUT2D eigenvalue weighted by Crippen LogP contribution is -2.18. The maximum atomic E-state index is 12.5. The van der Waals surface area contributed by atoms with Crippen LogP contribution < -0.4 is 16.6 Å². The molecule has 0 bridgehead atoms. The van der Waals surface area contributed by atoms with Gasteiger partial charge in [-0.25, -0.2) is 15.8 Å². The lowest BCUT2D eigenvalue weighted by atomic mass is 10.2. The second-order valence-corrected chi connectivity index (χ2v) is 3.88. The van der Waals surface area contributed by atoms with Crippen molar-refractivity contribution >= 4 is 11.6 Å². The number of nitrogens with zero attached hydrogens (tertiary/aromatic N) is 2. The van der Waals surface area contributed by atoms with Crippen molar-refractivity contribution in [3.63, 3.8) is 0 Å². The Morgan fingerprint density at radius 2 is 1.88 bits per heavy atom. The molecule has 1 aromatic heterocycles. The van der Waals surface area contributed by atoms with Crippen molar-refractivity contribution in [3.05, 3.63) is 11.9 Å². The molecule has 8 heteroatoms. The van der Waals surface area contributed by atoms with Crippen LogP contribution in [0.2, 0.25) is 0 Å². The van der Waals surface area contributed by atoms with Crippen molar-refractivity contribution in [2.45, 2.75) is 20.0 Å². The van der Waals surface area contributed by atoms with Gasteiger partial charge < -0.3 is 10.7 Å². The van der Waals surface area contributed by atoms with Gasteiger partial charge in [0.15, 0.2) is 0 Å². The van der Waals surface area contributed by atoms with Crippen LogP contribution in [0.15, 0.2) is 6.07 Å². The second kappa shape index (κ2) is 5.17. The maximum Gasteiger partial charge on any atom is 0.451 e. The fraction of sp³-hybridized carbons (Fsp3) is 0.556. The molecule has 0 spiro atoms. The highest BCUT2D eigenvalue weighted by molar-refractivity contribution is 5.47. The predicted molar refractivity (Wildman–Crippen MR) is 58.2 cm³/mol. The Labute approximate surface area is 96.6 Å². The first-order valence-corrected chi connectivity index (χ1v) is 4.99. The highest BCUT2D eigenvalue weighted by Gasteiger charge is 2.35. The van der Waals surface area contributed by atoms with Crippen molar-refractivity contribution in [2.75, 3.05) is 17.3 Å². The van der Waals surface area contributed by atoms with Gasteiger partial charge in [-0.3, -0.25) is 0 Å². The number of anilines is 2. The molecule has 0 atom stereocenters. The van der Waals surface area contributed by atoms with Crippen LogP contribution in [0.4, 0.5) is 24.8 Å². The van der Waals surface area contributed by atoms with Crippen molar-refractivity contribution in [1.29, 1.82) is 0 Å². The molecule has 1 rings (SSSR count). The molecule has 17 heavy (non-hydrogen) atoms. The molecule has 0 aliphatic heterocycles. The summed E-state index contributed by atoms with van der Waals surface area (Å²) in [6.07, 6.45) is -4.60. The number of nitrogens with two attached hydrogens (primary N) is 1. The summed E-state index contributed by atoms with van der Waals surface area (Å²) in [5.41, 5.74) is 2.08. The molecule has 0 radical (unpaired) electrons. The van der Waals surface area contributed by atoms with E-state index in [9.17, 15) is 13.2 Å². The van der Waals surface area contributed by atoms with Crippen LogP contribution in [-0.2, 0) is 6.18 Å². The predicted octanol–water partition coefficient (Wildman–Crippen LogP) is 1.85. The maximum absolute atomic E-state index is 12.5. The van der Waals surface area contributed by atoms with Crippen molar-refractivity contribution in [2.24, 2.45) is 11.8 Å². The van der Waals surface area contributed by atoms with Gasteiger partial charge in [0, 0.05) is 12.6 Å². The summed E-state index contributed by atoms with van der Waals surface area (Å²) >= 11 is 0. The lowest BCUT2D eigenvalue weighted by Gasteiger charge is -2.12. The zero-order chi connectivity index (χ0) is 13.1. The Kier molecular flexibility index (Phi) is 4.11. The van der Waals surface area contributed by atoms with Gasteiger partial charge in [-0.15, -0.1) is 0 Å². The van der Waals surface area contributed by atoms with Gasteiger partial charge >= 0.3 is 6.18 Å². The van der Waals surface area contributed by atoms with Crippen LogP contribution in [0, 0.1) is 5.92 Å². The lowest BCUT2D eigenvalue weighted by molar-refractivity contribution is -0.144. The summed E-state index contributed by atoms with van der Waals surface area (Å²) in [6.45, 7) is 4.38. The molecule has 0 aliphatic rings. The SMILES string of the molecule is CC(C)CNc1cc(NN)nc(C(F)(F)F)n1. The summed E-state index contributed by atoms with van der Waals surface area (Å²) in [5, 5.41) is 2.78. The van der Waals surface area contributed by atoms with Gasteiger partial charge in [0.2, 0.25) is 5.82 Å². The molecule has 0 saturated carbocycles. The number of hydrogen-bond acceptors (Lipinski definition) is 5. The Bertz CT molecular complexity index is 377. The summed E-state index contributed by atoms with van der Waals surface area (Å²) in [6, 6.07) is 1.32. The number of hydrogen-bond donors (Lipinski definition) is 3. The molecule has 0 aliphatic carbocycles. The molecule has 96 valence electrons. The number of alkyl halides is 3. The molecule has 0 fully saturated rings. The van der Waals surface area contributed by atoms with Gasteiger partial charge in [0.05, 0.1) is 0 Å². The average Bonchev–Trinajstić information content (AvgIpc) is 2.24. The zero-order valence-corrected chi connectivity index (χ0v) is 9.47. The molecule has 4 N–H and O–H groups in total. The van der Waals surface area contributed by atoms with E-state index < -0.39 is 12.0 Å². The van der Waals surface area contributed by atoms with Crippen LogP contribution in [0.1, 0.15) is 19.7 Å². The Balaban J connectivity index is 2.97. The van der Waals surface area contributed by atoms with Crippen molar-refractivity contribution in [1.82, 2.24) is 9.97 Å². The van der Waals surface area contributed by atoms with E-state index >= 15 is 0 Å². The van der Waals surface area contributed by atoms with Crippen LogP contribution in [0.5, 0.6) is 0 Å². The number of nitrogens with one attached hydrogen (secondary N) is 2. The molecule has 0 amide bonds. The van der Waals surface area contributed by atoms with Crippen LogP contribution in [0.25, 0.3) is 0 Å². The third-order valence-electron chi connectivity index (χ3n) is 1.82. The van der Waals surface area contributed by atoms with Gasteiger partial charge in [-0.1, -0.05) is 13.8 Å². The van der Waals surface area contributed by atoms with Crippen LogP contribution >= 0.6 is 0 Å². The Morgan fingerprint density at radius 3 is 2.35 bits per heavy atom. The standard InChI is InChI=1S/C9H14F3N5/c1-5(2)4-14-6-3-7(17-13)16-8(15-6)9(10,11)12/h3,5H,4,13H2,1-2H3,(H2,14,15,16,17). The largest absolute Gasteiger partial charge is 0.451 e. The topological polar surface area (TPSA) is 75.9 Å². The third kappa shape index (κ3) is 4.06. The zero-order valence-electron chi connectivity index (χ0n) is 9.47. The highest BCUT2D eigenvalue weighted by atomic mass is 19.4. The Hall–Kier alpha value is -1.57. The second-order valence-electron chi connectivity index (χ2n) is 3.88. The summed E-state index contributed by atoms with van der Waals surface area (Å²) in [4.78, 5) is 6.62. The summed E-state index contributed by atoms with van der Waals surface area (Å²) in [5.74, 6) is 4.12. The minimum atomic E-state index is -4.60. The first-order valence-electron chi connectivity index (χ1n) is 4.99.